The van der Waals surface area contributed by atoms with E-state index in [9.17, 15) is 4.79 Å². The lowest BCUT2D eigenvalue weighted by atomic mass is 10.2. The molecule has 0 aliphatic heterocycles. The Balaban J connectivity index is 2.29. The van der Waals surface area contributed by atoms with Crippen LogP contribution in [-0.2, 0) is 4.74 Å². The SMILES string of the molecule is CCOc1ccc(-c2nc(C)c(C(=O)OC)s2)cc1. The van der Waals surface area contributed by atoms with Crippen molar-refractivity contribution in [3.63, 3.8) is 0 Å². The molecule has 1 aromatic heterocycles. The highest BCUT2D eigenvalue weighted by molar-refractivity contribution is 7.17. The van der Waals surface area contributed by atoms with Gasteiger partial charge in [-0.1, -0.05) is 0 Å². The lowest BCUT2D eigenvalue weighted by molar-refractivity contribution is 0.0605. The van der Waals surface area contributed by atoms with Gasteiger partial charge in [-0.2, -0.15) is 0 Å². The number of esters is 1. The Morgan fingerprint density at radius 3 is 2.58 bits per heavy atom. The maximum absolute atomic E-state index is 11.5. The topological polar surface area (TPSA) is 48.4 Å². The first kappa shape index (κ1) is 13.5. The molecule has 0 aliphatic carbocycles. The summed E-state index contributed by atoms with van der Waals surface area (Å²) in [4.78, 5) is 16.5. The van der Waals surface area contributed by atoms with Gasteiger partial charge >= 0.3 is 5.97 Å². The van der Waals surface area contributed by atoms with Crippen molar-refractivity contribution in [2.45, 2.75) is 13.8 Å². The van der Waals surface area contributed by atoms with Crippen LogP contribution in [0.5, 0.6) is 5.75 Å². The standard InChI is InChI=1S/C14H15NO3S/c1-4-18-11-7-5-10(6-8-11)13-15-9(2)12(19-13)14(16)17-3/h5-8H,4H2,1-3H3. The molecule has 0 bridgehead atoms. The van der Waals surface area contributed by atoms with Gasteiger partial charge in [0, 0.05) is 5.56 Å². The predicted molar refractivity (Wildman–Crippen MR) is 74.8 cm³/mol. The molecule has 0 saturated carbocycles. The fraction of sp³-hybridized carbons (Fsp3) is 0.286. The smallest absolute Gasteiger partial charge is 0.349 e. The molecule has 0 atom stereocenters. The molecule has 2 aromatic rings. The Kier molecular flexibility index (Phi) is 4.16. The van der Waals surface area contributed by atoms with Gasteiger partial charge in [-0.15, -0.1) is 11.3 Å². The van der Waals surface area contributed by atoms with Crippen LogP contribution in [0.25, 0.3) is 10.6 Å². The van der Waals surface area contributed by atoms with E-state index in [2.05, 4.69) is 4.98 Å². The number of methoxy groups -OCH3 is 1. The van der Waals surface area contributed by atoms with E-state index in [0.29, 0.717) is 17.2 Å². The zero-order valence-electron chi connectivity index (χ0n) is 11.1. The Morgan fingerprint density at radius 2 is 2.00 bits per heavy atom. The molecule has 0 saturated heterocycles. The molecule has 1 aromatic carbocycles. The van der Waals surface area contributed by atoms with E-state index in [0.717, 1.165) is 16.3 Å². The third-order valence-corrected chi connectivity index (χ3v) is 3.77. The number of carbonyl (C=O) groups is 1. The Labute approximate surface area is 116 Å². The fourth-order valence-electron chi connectivity index (χ4n) is 1.66. The van der Waals surface area contributed by atoms with Crippen LogP contribution in [0.2, 0.25) is 0 Å². The second-order valence-corrected chi connectivity index (χ2v) is 4.88. The molecular formula is C14H15NO3S. The molecule has 4 nitrogen and oxygen atoms in total. The molecule has 0 N–H and O–H groups in total. The van der Waals surface area contributed by atoms with Crippen molar-refractivity contribution in [1.82, 2.24) is 4.98 Å². The van der Waals surface area contributed by atoms with E-state index in [1.54, 1.807) is 6.92 Å². The van der Waals surface area contributed by atoms with Crippen LogP contribution < -0.4 is 4.74 Å². The van der Waals surface area contributed by atoms with Crippen LogP contribution >= 0.6 is 11.3 Å². The number of hydrogen-bond donors (Lipinski definition) is 0. The van der Waals surface area contributed by atoms with Gasteiger partial charge in [0.25, 0.3) is 0 Å². The molecular weight excluding hydrogens is 262 g/mol. The molecule has 19 heavy (non-hydrogen) atoms. The van der Waals surface area contributed by atoms with Crippen LogP contribution in [0.1, 0.15) is 22.3 Å². The van der Waals surface area contributed by atoms with Crippen LogP contribution in [0.3, 0.4) is 0 Å². The van der Waals surface area contributed by atoms with Gasteiger partial charge in [-0.25, -0.2) is 9.78 Å². The average molecular weight is 277 g/mol. The summed E-state index contributed by atoms with van der Waals surface area (Å²) in [6.45, 7) is 4.39. The van der Waals surface area contributed by atoms with Crippen molar-refractivity contribution < 1.29 is 14.3 Å². The normalized spacial score (nSPS) is 10.3. The molecule has 0 unspecified atom stereocenters. The highest BCUT2D eigenvalue weighted by Gasteiger charge is 2.16. The zero-order valence-corrected chi connectivity index (χ0v) is 11.9. The fourth-order valence-corrected chi connectivity index (χ4v) is 2.65. The monoisotopic (exact) mass is 277 g/mol. The van der Waals surface area contributed by atoms with Crippen LogP contribution in [0, 0.1) is 6.92 Å². The van der Waals surface area contributed by atoms with E-state index in [1.165, 1.54) is 18.4 Å². The summed E-state index contributed by atoms with van der Waals surface area (Å²) in [5, 5.41) is 0.806. The number of rotatable bonds is 4. The summed E-state index contributed by atoms with van der Waals surface area (Å²) >= 11 is 1.34. The minimum absolute atomic E-state index is 0.341. The highest BCUT2D eigenvalue weighted by Crippen LogP contribution is 2.29. The lowest BCUT2D eigenvalue weighted by Crippen LogP contribution is -1.99. The van der Waals surface area contributed by atoms with Crippen molar-refractivity contribution in [3.05, 3.63) is 34.8 Å². The zero-order chi connectivity index (χ0) is 13.8. The molecule has 0 aliphatic rings. The molecule has 0 fully saturated rings. The number of carbonyl (C=O) groups excluding carboxylic acids is 1. The summed E-state index contributed by atoms with van der Waals surface area (Å²) in [5.41, 5.74) is 1.66. The second-order valence-electron chi connectivity index (χ2n) is 3.88. The van der Waals surface area contributed by atoms with E-state index in [-0.39, 0.29) is 5.97 Å². The number of hydrogen-bond acceptors (Lipinski definition) is 5. The number of benzene rings is 1. The largest absolute Gasteiger partial charge is 0.494 e. The molecule has 5 heteroatoms. The van der Waals surface area contributed by atoms with Gasteiger partial charge in [0.15, 0.2) is 0 Å². The first-order chi connectivity index (χ1) is 9.15. The van der Waals surface area contributed by atoms with Crippen molar-refractivity contribution in [3.8, 4) is 16.3 Å². The van der Waals surface area contributed by atoms with Gasteiger partial charge in [-0.3, -0.25) is 0 Å². The molecule has 0 radical (unpaired) electrons. The van der Waals surface area contributed by atoms with Crippen LogP contribution in [0.4, 0.5) is 0 Å². The van der Waals surface area contributed by atoms with E-state index < -0.39 is 0 Å². The number of thiazole rings is 1. The van der Waals surface area contributed by atoms with E-state index >= 15 is 0 Å². The summed E-state index contributed by atoms with van der Waals surface area (Å²) < 4.78 is 10.1. The number of aryl methyl sites for hydroxylation is 1. The summed E-state index contributed by atoms with van der Waals surface area (Å²) in [6, 6.07) is 7.66. The quantitative estimate of drug-likeness (QED) is 0.804. The molecule has 0 amide bonds. The van der Waals surface area contributed by atoms with Crippen molar-refractivity contribution in [1.29, 1.82) is 0 Å². The van der Waals surface area contributed by atoms with Gasteiger partial charge < -0.3 is 9.47 Å². The highest BCUT2D eigenvalue weighted by atomic mass is 32.1. The third-order valence-electron chi connectivity index (χ3n) is 2.58. The van der Waals surface area contributed by atoms with Crippen molar-refractivity contribution in [2.24, 2.45) is 0 Å². The molecule has 2 rings (SSSR count). The molecule has 100 valence electrons. The number of ether oxygens (including phenoxy) is 2. The van der Waals surface area contributed by atoms with Crippen molar-refractivity contribution >= 4 is 17.3 Å². The minimum atomic E-state index is -0.341. The Morgan fingerprint density at radius 1 is 1.32 bits per heavy atom. The number of nitrogens with zero attached hydrogens (tertiary/aromatic N) is 1. The molecule has 0 spiro atoms. The lowest BCUT2D eigenvalue weighted by Gasteiger charge is -2.02. The molecule has 1 heterocycles. The average Bonchev–Trinajstić information content (AvgIpc) is 2.81. The maximum atomic E-state index is 11.5. The summed E-state index contributed by atoms with van der Waals surface area (Å²) in [6.07, 6.45) is 0. The van der Waals surface area contributed by atoms with Crippen LogP contribution in [-0.4, -0.2) is 24.7 Å². The minimum Gasteiger partial charge on any atom is -0.494 e. The van der Waals surface area contributed by atoms with Crippen LogP contribution in [0.15, 0.2) is 24.3 Å². The van der Waals surface area contributed by atoms with Gasteiger partial charge in [-0.05, 0) is 38.1 Å². The summed E-state index contributed by atoms with van der Waals surface area (Å²) in [7, 11) is 1.37. The van der Waals surface area contributed by atoms with E-state index in [1.807, 2.05) is 31.2 Å². The van der Waals surface area contributed by atoms with E-state index in [4.69, 9.17) is 9.47 Å². The Bertz CT molecular complexity index is 575. The third kappa shape index (κ3) is 2.93. The maximum Gasteiger partial charge on any atom is 0.349 e. The Hall–Kier alpha value is -1.88. The van der Waals surface area contributed by atoms with Gasteiger partial charge in [0.2, 0.25) is 0 Å². The summed E-state index contributed by atoms with van der Waals surface area (Å²) in [5.74, 6) is 0.486. The van der Waals surface area contributed by atoms with Gasteiger partial charge in [0.05, 0.1) is 19.4 Å². The van der Waals surface area contributed by atoms with Crippen molar-refractivity contribution in [2.75, 3.05) is 13.7 Å². The second kappa shape index (κ2) is 5.84. The van der Waals surface area contributed by atoms with Gasteiger partial charge in [0.1, 0.15) is 15.6 Å². The first-order valence-corrected chi connectivity index (χ1v) is 6.76. The predicted octanol–water partition coefficient (Wildman–Crippen LogP) is 3.30. The first-order valence-electron chi connectivity index (χ1n) is 5.94. The number of aromatic nitrogens is 1.